The maximum atomic E-state index is 12.7. The van der Waals surface area contributed by atoms with Crippen molar-refractivity contribution in [3.05, 3.63) is 53.6 Å². The Morgan fingerprint density at radius 2 is 1.64 bits per heavy atom. The van der Waals surface area contributed by atoms with Gasteiger partial charge in [0.2, 0.25) is 5.91 Å². The highest BCUT2D eigenvalue weighted by molar-refractivity contribution is 5.96. The van der Waals surface area contributed by atoms with Crippen molar-refractivity contribution in [2.75, 3.05) is 24.5 Å². The zero-order valence-corrected chi connectivity index (χ0v) is 16.8. The molecule has 4 heteroatoms. The third-order valence-corrected chi connectivity index (χ3v) is 6.11. The van der Waals surface area contributed by atoms with Crippen LogP contribution in [0.5, 0.6) is 0 Å². The lowest BCUT2D eigenvalue weighted by Crippen LogP contribution is -2.37. The second kappa shape index (κ2) is 7.78. The third kappa shape index (κ3) is 3.56. The summed E-state index contributed by atoms with van der Waals surface area (Å²) in [6, 6.07) is 14.3. The van der Waals surface area contributed by atoms with E-state index in [1.54, 1.807) is 0 Å². The molecule has 2 aliphatic rings. The van der Waals surface area contributed by atoms with Crippen molar-refractivity contribution in [1.82, 2.24) is 4.90 Å². The number of carbonyl (C=O) groups excluding carboxylic acids is 2. The smallest absolute Gasteiger partial charge is 0.253 e. The molecule has 28 heavy (non-hydrogen) atoms. The summed E-state index contributed by atoms with van der Waals surface area (Å²) in [6.07, 6.45) is 3.62. The first-order valence-electron chi connectivity index (χ1n) is 10.4. The summed E-state index contributed by atoms with van der Waals surface area (Å²) < 4.78 is 0. The maximum Gasteiger partial charge on any atom is 0.253 e. The van der Waals surface area contributed by atoms with Gasteiger partial charge in [-0.1, -0.05) is 32.0 Å². The van der Waals surface area contributed by atoms with Crippen LogP contribution in [0.15, 0.2) is 42.5 Å². The number of nitrogens with zero attached hydrogens (tertiary/aromatic N) is 2. The Balaban J connectivity index is 1.50. The van der Waals surface area contributed by atoms with E-state index in [4.69, 9.17) is 0 Å². The van der Waals surface area contributed by atoms with Gasteiger partial charge in [-0.3, -0.25) is 9.59 Å². The first-order chi connectivity index (χ1) is 13.6. The Morgan fingerprint density at radius 3 is 2.32 bits per heavy atom. The summed E-state index contributed by atoms with van der Waals surface area (Å²) in [5.74, 6) is 1.04. The number of fused-ring (bicyclic) bond motifs is 1. The first kappa shape index (κ1) is 18.7. The molecule has 0 spiro atoms. The molecule has 0 saturated carbocycles. The van der Waals surface area contributed by atoms with E-state index in [1.165, 1.54) is 5.56 Å². The fourth-order valence-corrected chi connectivity index (χ4v) is 4.23. The fourth-order valence-electron chi connectivity index (χ4n) is 4.23. The molecule has 0 atom stereocenters. The molecule has 146 valence electrons. The molecule has 1 saturated heterocycles. The van der Waals surface area contributed by atoms with E-state index in [-0.39, 0.29) is 11.8 Å². The van der Waals surface area contributed by atoms with Gasteiger partial charge in [-0.15, -0.1) is 0 Å². The van der Waals surface area contributed by atoms with Crippen molar-refractivity contribution in [2.45, 2.75) is 39.5 Å². The molecule has 0 aromatic heterocycles. The van der Waals surface area contributed by atoms with Crippen LogP contribution in [0.3, 0.4) is 0 Å². The molecule has 0 radical (unpaired) electrons. The molecule has 2 aliphatic heterocycles. The van der Waals surface area contributed by atoms with Gasteiger partial charge in [0.25, 0.3) is 5.91 Å². The summed E-state index contributed by atoms with van der Waals surface area (Å²) in [5, 5.41) is 0. The molecule has 4 nitrogen and oxygen atoms in total. The first-order valence-corrected chi connectivity index (χ1v) is 10.4. The minimum atomic E-state index is 0.140. The lowest BCUT2D eigenvalue weighted by molar-refractivity contribution is -0.118. The van der Waals surface area contributed by atoms with Gasteiger partial charge in [-0.05, 0) is 66.1 Å². The summed E-state index contributed by atoms with van der Waals surface area (Å²) >= 11 is 0. The van der Waals surface area contributed by atoms with E-state index in [2.05, 4.69) is 25.1 Å². The summed E-state index contributed by atoms with van der Waals surface area (Å²) in [5.41, 5.74) is 5.27. The van der Waals surface area contributed by atoms with E-state index in [1.807, 2.05) is 41.0 Å². The van der Waals surface area contributed by atoms with Gasteiger partial charge in [-0.2, -0.15) is 0 Å². The molecular formula is C24H28N2O2. The number of benzene rings is 2. The second-order valence-corrected chi connectivity index (χ2v) is 8.04. The number of likely N-dealkylation sites (tertiary alicyclic amines) is 1. The molecule has 2 amide bonds. The molecule has 2 aromatic carbocycles. The molecule has 0 aliphatic carbocycles. The lowest BCUT2D eigenvalue weighted by Gasteiger charge is -2.30. The summed E-state index contributed by atoms with van der Waals surface area (Å²) in [4.78, 5) is 28.7. The molecular weight excluding hydrogens is 348 g/mol. The van der Waals surface area contributed by atoms with Crippen LogP contribution in [0.1, 0.15) is 49.0 Å². The van der Waals surface area contributed by atoms with Gasteiger partial charge in [0.05, 0.1) is 0 Å². The minimum absolute atomic E-state index is 0.140. The Kier molecular flexibility index (Phi) is 5.21. The van der Waals surface area contributed by atoms with E-state index in [9.17, 15) is 9.59 Å². The average Bonchev–Trinajstić information content (AvgIpc) is 3.16. The Bertz CT molecular complexity index is 880. The van der Waals surface area contributed by atoms with Gasteiger partial charge in [0, 0.05) is 37.3 Å². The summed E-state index contributed by atoms with van der Waals surface area (Å²) in [6.45, 7) is 6.65. The van der Waals surface area contributed by atoms with Gasteiger partial charge in [-0.25, -0.2) is 0 Å². The lowest BCUT2D eigenvalue weighted by atomic mass is 9.97. The monoisotopic (exact) mass is 376 g/mol. The van der Waals surface area contributed by atoms with Gasteiger partial charge in [0.1, 0.15) is 0 Å². The average molecular weight is 377 g/mol. The zero-order valence-electron chi connectivity index (χ0n) is 16.8. The molecule has 0 unspecified atom stereocenters. The van der Waals surface area contributed by atoms with Crippen LogP contribution >= 0.6 is 0 Å². The molecule has 4 rings (SSSR count). The number of carbonyl (C=O) groups is 2. The quantitative estimate of drug-likeness (QED) is 0.790. The van der Waals surface area contributed by atoms with E-state index in [0.29, 0.717) is 6.42 Å². The van der Waals surface area contributed by atoms with Crippen LogP contribution < -0.4 is 4.90 Å². The van der Waals surface area contributed by atoms with Crippen LogP contribution in [-0.2, 0) is 11.2 Å². The van der Waals surface area contributed by atoms with E-state index in [0.717, 1.165) is 67.2 Å². The third-order valence-electron chi connectivity index (χ3n) is 6.11. The Labute approximate surface area is 167 Å². The van der Waals surface area contributed by atoms with Crippen LogP contribution in [0.25, 0.3) is 11.1 Å². The Morgan fingerprint density at radius 1 is 0.964 bits per heavy atom. The standard InChI is InChI=1S/C24H28N2O2/c1-3-23(27)26-15-12-21-16-20(8-9-22(21)26)18-4-6-19(7-5-18)24(28)25-13-10-17(2)11-14-25/h4-9,16-17H,3,10-15H2,1-2H3. The number of piperidine rings is 1. The van der Waals surface area contributed by atoms with Crippen molar-refractivity contribution in [3.63, 3.8) is 0 Å². The van der Waals surface area contributed by atoms with Crippen molar-refractivity contribution < 1.29 is 9.59 Å². The van der Waals surface area contributed by atoms with E-state index >= 15 is 0 Å². The number of hydrogen-bond donors (Lipinski definition) is 0. The predicted octanol–water partition coefficient (Wildman–Crippen LogP) is 4.52. The minimum Gasteiger partial charge on any atom is -0.339 e. The predicted molar refractivity (Wildman–Crippen MR) is 113 cm³/mol. The van der Waals surface area contributed by atoms with Crippen LogP contribution in [-0.4, -0.2) is 36.3 Å². The maximum absolute atomic E-state index is 12.7. The zero-order chi connectivity index (χ0) is 19.7. The Hall–Kier alpha value is -2.62. The largest absolute Gasteiger partial charge is 0.339 e. The van der Waals surface area contributed by atoms with Crippen molar-refractivity contribution in [1.29, 1.82) is 0 Å². The second-order valence-electron chi connectivity index (χ2n) is 8.04. The highest BCUT2D eigenvalue weighted by Crippen LogP contribution is 2.33. The van der Waals surface area contributed by atoms with Gasteiger partial charge >= 0.3 is 0 Å². The summed E-state index contributed by atoms with van der Waals surface area (Å²) in [7, 11) is 0. The molecule has 2 heterocycles. The SMILES string of the molecule is CCC(=O)N1CCc2cc(-c3ccc(C(=O)N4CCC(C)CC4)cc3)ccc21. The highest BCUT2D eigenvalue weighted by atomic mass is 16.2. The molecule has 0 N–H and O–H groups in total. The normalized spacial score (nSPS) is 16.9. The van der Waals surface area contributed by atoms with Gasteiger partial charge in [0.15, 0.2) is 0 Å². The number of anilines is 1. The molecule has 1 fully saturated rings. The van der Waals surface area contributed by atoms with Gasteiger partial charge < -0.3 is 9.80 Å². The number of amides is 2. The topological polar surface area (TPSA) is 40.6 Å². The van der Waals surface area contributed by atoms with Crippen molar-refractivity contribution in [3.8, 4) is 11.1 Å². The molecule has 0 bridgehead atoms. The van der Waals surface area contributed by atoms with Crippen molar-refractivity contribution >= 4 is 17.5 Å². The van der Waals surface area contributed by atoms with Crippen LogP contribution in [0, 0.1) is 5.92 Å². The van der Waals surface area contributed by atoms with Crippen LogP contribution in [0.4, 0.5) is 5.69 Å². The van der Waals surface area contributed by atoms with E-state index < -0.39 is 0 Å². The number of rotatable bonds is 3. The fraction of sp³-hybridized carbons (Fsp3) is 0.417. The highest BCUT2D eigenvalue weighted by Gasteiger charge is 2.24. The van der Waals surface area contributed by atoms with Crippen LogP contribution in [0.2, 0.25) is 0 Å². The molecule has 2 aromatic rings. The van der Waals surface area contributed by atoms with Crippen molar-refractivity contribution in [2.24, 2.45) is 5.92 Å². The number of hydrogen-bond acceptors (Lipinski definition) is 2.